The lowest BCUT2D eigenvalue weighted by atomic mass is 10.0. The maximum absolute atomic E-state index is 13.6. The topological polar surface area (TPSA) is 84.3 Å². The molecule has 29 heavy (non-hydrogen) atoms. The van der Waals surface area contributed by atoms with Crippen molar-refractivity contribution < 1.29 is 13.2 Å². The Balaban J connectivity index is 2.52. The predicted molar refractivity (Wildman–Crippen MR) is 116 cm³/mol. The number of benzene rings is 1. The number of nitrogens with one attached hydrogen (secondary N) is 1. The van der Waals surface area contributed by atoms with Crippen LogP contribution in [-0.4, -0.2) is 36.7 Å². The van der Waals surface area contributed by atoms with E-state index in [-0.39, 0.29) is 23.4 Å². The van der Waals surface area contributed by atoms with E-state index in [4.69, 9.17) is 0 Å². The molecule has 160 valence electrons. The Morgan fingerprint density at radius 1 is 1.17 bits per heavy atom. The molecule has 7 nitrogen and oxygen atoms in total. The number of amides is 1. The summed E-state index contributed by atoms with van der Waals surface area (Å²) >= 11 is 0. The summed E-state index contributed by atoms with van der Waals surface area (Å²) in [6, 6.07) is 7.28. The third kappa shape index (κ3) is 4.98. The van der Waals surface area contributed by atoms with Crippen LogP contribution in [0.4, 0.5) is 5.69 Å². The van der Waals surface area contributed by atoms with Crippen LogP contribution in [0.5, 0.6) is 0 Å². The van der Waals surface area contributed by atoms with Crippen molar-refractivity contribution in [2.75, 3.05) is 10.8 Å². The molecule has 1 amide bonds. The predicted octanol–water partition coefficient (Wildman–Crippen LogP) is 3.27. The zero-order chi connectivity index (χ0) is 21.9. The zero-order valence-corrected chi connectivity index (χ0v) is 19.2. The van der Waals surface area contributed by atoms with E-state index < -0.39 is 10.0 Å². The summed E-state index contributed by atoms with van der Waals surface area (Å²) in [5.74, 6) is -0.0133. The van der Waals surface area contributed by atoms with E-state index in [0.29, 0.717) is 23.0 Å². The highest BCUT2D eigenvalue weighted by molar-refractivity contribution is 7.93. The fourth-order valence-electron chi connectivity index (χ4n) is 3.13. The van der Waals surface area contributed by atoms with Gasteiger partial charge in [-0.25, -0.2) is 8.42 Å². The number of anilines is 1. The molecule has 1 atom stereocenters. The standard InChI is InChI=1S/C21H32N4O3S/c1-8-15(4)22-20(26)13-25(19-11-9-18(10-12-19)14(2)3)29(27,28)21-16(5)23-24(7)17(21)6/h9-12,14-15H,8,13H2,1-7H3,(H,22,26). The minimum Gasteiger partial charge on any atom is -0.352 e. The summed E-state index contributed by atoms with van der Waals surface area (Å²) in [5, 5.41) is 7.09. The van der Waals surface area contributed by atoms with Gasteiger partial charge >= 0.3 is 0 Å². The van der Waals surface area contributed by atoms with Crippen LogP contribution in [-0.2, 0) is 21.9 Å². The first-order valence-electron chi connectivity index (χ1n) is 9.91. The molecule has 1 aromatic heterocycles. The molecule has 0 radical (unpaired) electrons. The third-order valence-corrected chi connectivity index (χ3v) is 7.17. The Morgan fingerprint density at radius 2 is 1.76 bits per heavy atom. The minimum atomic E-state index is -3.98. The Kier molecular flexibility index (Phi) is 7.11. The Labute approximate surface area is 174 Å². The molecule has 0 spiro atoms. The van der Waals surface area contributed by atoms with E-state index >= 15 is 0 Å². The number of nitrogens with zero attached hydrogens (tertiary/aromatic N) is 3. The molecule has 8 heteroatoms. The van der Waals surface area contributed by atoms with Gasteiger partial charge in [0.1, 0.15) is 11.4 Å². The summed E-state index contributed by atoms with van der Waals surface area (Å²) in [4.78, 5) is 12.7. The Bertz CT molecular complexity index is 963. The molecule has 0 bridgehead atoms. The SMILES string of the molecule is CCC(C)NC(=O)CN(c1ccc(C(C)C)cc1)S(=O)(=O)c1c(C)nn(C)c1C. The van der Waals surface area contributed by atoms with Crippen molar-refractivity contribution >= 4 is 21.6 Å². The summed E-state index contributed by atoms with van der Waals surface area (Å²) in [7, 11) is -2.27. The van der Waals surface area contributed by atoms with Gasteiger partial charge in [0, 0.05) is 13.1 Å². The summed E-state index contributed by atoms with van der Waals surface area (Å²) in [5.41, 5.74) is 2.50. The molecule has 2 aromatic rings. The van der Waals surface area contributed by atoms with Gasteiger partial charge in [-0.3, -0.25) is 13.8 Å². The van der Waals surface area contributed by atoms with Crippen LogP contribution in [0, 0.1) is 13.8 Å². The molecule has 1 N–H and O–H groups in total. The largest absolute Gasteiger partial charge is 0.352 e. The van der Waals surface area contributed by atoms with Crippen LogP contribution >= 0.6 is 0 Å². The smallest absolute Gasteiger partial charge is 0.268 e. The van der Waals surface area contributed by atoms with E-state index in [9.17, 15) is 13.2 Å². The molecule has 0 saturated heterocycles. The van der Waals surface area contributed by atoms with E-state index in [0.717, 1.165) is 12.0 Å². The van der Waals surface area contributed by atoms with Gasteiger partial charge in [-0.05, 0) is 50.8 Å². The summed E-state index contributed by atoms with van der Waals surface area (Å²) in [6.45, 7) is 11.1. The van der Waals surface area contributed by atoms with Crippen LogP contribution in [0.15, 0.2) is 29.2 Å². The number of carbonyl (C=O) groups excluding carboxylic acids is 1. The highest BCUT2D eigenvalue weighted by Gasteiger charge is 2.32. The zero-order valence-electron chi connectivity index (χ0n) is 18.4. The van der Waals surface area contributed by atoms with Crippen LogP contribution < -0.4 is 9.62 Å². The van der Waals surface area contributed by atoms with Crippen molar-refractivity contribution in [1.29, 1.82) is 0 Å². The van der Waals surface area contributed by atoms with E-state index in [1.165, 1.54) is 4.31 Å². The van der Waals surface area contributed by atoms with Crippen LogP contribution in [0.3, 0.4) is 0 Å². The minimum absolute atomic E-state index is 0.0303. The van der Waals surface area contributed by atoms with Gasteiger partial charge < -0.3 is 5.32 Å². The lowest BCUT2D eigenvalue weighted by Crippen LogP contribution is -2.43. The van der Waals surface area contributed by atoms with Gasteiger partial charge in [-0.1, -0.05) is 32.9 Å². The third-order valence-electron chi connectivity index (χ3n) is 5.15. The van der Waals surface area contributed by atoms with Gasteiger partial charge in [0.15, 0.2) is 0 Å². The molecule has 1 unspecified atom stereocenters. The highest BCUT2D eigenvalue weighted by atomic mass is 32.2. The van der Waals surface area contributed by atoms with Gasteiger partial charge in [-0.15, -0.1) is 0 Å². The summed E-state index contributed by atoms with van der Waals surface area (Å²) < 4.78 is 29.9. The van der Waals surface area contributed by atoms with E-state index in [1.54, 1.807) is 37.7 Å². The maximum Gasteiger partial charge on any atom is 0.268 e. The molecule has 0 aliphatic heterocycles. The number of aromatic nitrogens is 2. The van der Waals surface area contributed by atoms with Gasteiger partial charge in [0.2, 0.25) is 5.91 Å². The second-order valence-corrected chi connectivity index (χ2v) is 9.56. The van der Waals surface area contributed by atoms with E-state index in [2.05, 4.69) is 24.3 Å². The molecule has 0 saturated carbocycles. The van der Waals surface area contributed by atoms with Crippen LogP contribution in [0.25, 0.3) is 0 Å². The molecule has 1 heterocycles. The van der Waals surface area contributed by atoms with Gasteiger partial charge in [-0.2, -0.15) is 5.10 Å². The Morgan fingerprint density at radius 3 is 2.21 bits per heavy atom. The van der Waals surface area contributed by atoms with E-state index in [1.807, 2.05) is 26.0 Å². The fraction of sp³-hybridized carbons (Fsp3) is 0.524. The van der Waals surface area contributed by atoms with Crippen molar-refractivity contribution in [3.05, 3.63) is 41.2 Å². The average molecular weight is 421 g/mol. The van der Waals surface area contributed by atoms with Crippen molar-refractivity contribution in [1.82, 2.24) is 15.1 Å². The number of hydrogen-bond acceptors (Lipinski definition) is 4. The quantitative estimate of drug-likeness (QED) is 0.710. The summed E-state index contributed by atoms with van der Waals surface area (Å²) in [6.07, 6.45) is 0.766. The van der Waals surface area contributed by atoms with Crippen molar-refractivity contribution in [2.24, 2.45) is 7.05 Å². The maximum atomic E-state index is 13.6. The molecule has 1 aromatic carbocycles. The molecule has 0 aliphatic rings. The number of sulfonamides is 1. The van der Waals surface area contributed by atoms with Crippen molar-refractivity contribution in [2.45, 2.75) is 64.8 Å². The van der Waals surface area contributed by atoms with Gasteiger partial charge in [0.05, 0.1) is 17.1 Å². The normalized spacial score (nSPS) is 12.8. The fourth-order valence-corrected chi connectivity index (χ4v) is 4.96. The van der Waals surface area contributed by atoms with Crippen molar-refractivity contribution in [3.8, 4) is 0 Å². The average Bonchev–Trinajstić information content (AvgIpc) is 2.91. The molecule has 0 aliphatic carbocycles. The van der Waals surface area contributed by atoms with Crippen molar-refractivity contribution in [3.63, 3.8) is 0 Å². The Hall–Kier alpha value is -2.35. The highest BCUT2D eigenvalue weighted by Crippen LogP contribution is 2.29. The lowest BCUT2D eigenvalue weighted by molar-refractivity contribution is -0.120. The second kappa shape index (κ2) is 8.98. The molecule has 0 fully saturated rings. The lowest BCUT2D eigenvalue weighted by Gasteiger charge is -2.25. The van der Waals surface area contributed by atoms with Gasteiger partial charge in [0.25, 0.3) is 10.0 Å². The monoisotopic (exact) mass is 420 g/mol. The first-order valence-corrected chi connectivity index (χ1v) is 11.3. The molecular formula is C21H32N4O3S. The first-order chi connectivity index (χ1) is 13.5. The number of carbonyl (C=O) groups is 1. The molecular weight excluding hydrogens is 388 g/mol. The second-order valence-electron chi connectivity index (χ2n) is 7.76. The molecule has 2 rings (SSSR count). The van der Waals surface area contributed by atoms with Crippen LogP contribution in [0.2, 0.25) is 0 Å². The number of hydrogen-bond donors (Lipinski definition) is 1. The first kappa shape index (κ1) is 22.9. The number of rotatable bonds is 8. The number of aryl methyl sites for hydroxylation is 2. The van der Waals surface area contributed by atoms with Crippen LogP contribution in [0.1, 0.15) is 57.0 Å².